The maximum atomic E-state index is 12.9. The van der Waals surface area contributed by atoms with Crippen molar-refractivity contribution in [2.45, 2.75) is 0 Å². The van der Waals surface area contributed by atoms with E-state index >= 15 is 0 Å². The summed E-state index contributed by atoms with van der Waals surface area (Å²) in [5.74, 6) is 0.840. The number of carbonyl (C=O) groups excluding carboxylic acids is 1. The number of methoxy groups -OCH3 is 1. The summed E-state index contributed by atoms with van der Waals surface area (Å²) in [6, 6.07) is 16.2. The van der Waals surface area contributed by atoms with E-state index in [0.717, 1.165) is 5.56 Å². The van der Waals surface area contributed by atoms with Crippen molar-refractivity contribution in [3.05, 3.63) is 72.0 Å². The predicted molar refractivity (Wildman–Crippen MR) is 107 cm³/mol. The van der Waals surface area contributed by atoms with Gasteiger partial charge in [0.1, 0.15) is 18.2 Å². The lowest BCUT2D eigenvalue weighted by Gasteiger charge is -2.09. The van der Waals surface area contributed by atoms with Gasteiger partial charge in [0.25, 0.3) is 5.91 Å². The Kier molecular flexibility index (Phi) is 5.51. The highest BCUT2D eigenvalue weighted by atomic mass is 19.1. The average Bonchev–Trinajstić information content (AvgIpc) is 3.20. The fraction of sp³-hybridized carbons (Fsp3) is 0.143. The lowest BCUT2D eigenvalue weighted by Crippen LogP contribution is -2.28. The number of fused-ring (bicyclic) bond motifs is 1. The largest absolute Gasteiger partial charge is 0.496 e. The summed E-state index contributed by atoms with van der Waals surface area (Å²) in [6.07, 6.45) is 0. The molecule has 30 heavy (non-hydrogen) atoms. The van der Waals surface area contributed by atoms with Gasteiger partial charge in [0.15, 0.2) is 11.5 Å². The molecule has 1 N–H and O–H groups in total. The Labute approximate surface area is 171 Å². The molecule has 0 atom stereocenters. The van der Waals surface area contributed by atoms with Gasteiger partial charge in [0.2, 0.25) is 5.88 Å². The fourth-order valence-electron chi connectivity index (χ4n) is 2.87. The third-order valence-electron chi connectivity index (χ3n) is 4.33. The highest BCUT2D eigenvalue weighted by Crippen LogP contribution is 2.28. The van der Waals surface area contributed by atoms with Crippen LogP contribution in [-0.2, 0) is 0 Å². The zero-order valence-corrected chi connectivity index (χ0v) is 16.1. The number of halogens is 1. The molecule has 2 aromatic heterocycles. The van der Waals surface area contributed by atoms with Gasteiger partial charge in [0.05, 0.1) is 19.2 Å². The molecule has 2 aromatic carbocycles. The number of nitrogens with zero attached hydrogens (tertiary/aromatic N) is 4. The number of aromatic nitrogens is 4. The molecule has 9 heteroatoms. The highest BCUT2D eigenvalue weighted by molar-refractivity contribution is 5.94. The normalized spacial score (nSPS) is 10.7. The Morgan fingerprint density at radius 3 is 2.67 bits per heavy atom. The van der Waals surface area contributed by atoms with E-state index in [4.69, 9.17) is 9.47 Å². The van der Waals surface area contributed by atoms with E-state index in [9.17, 15) is 9.18 Å². The third-order valence-corrected chi connectivity index (χ3v) is 4.33. The Bertz CT molecular complexity index is 1180. The first-order valence-corrected chi connectivity index (χ1v) is 9.18. The van der Waals surface area contributed by atoms with Gasteiger partial charge < -0.3 is 14.8 Å². The van der Waals surface area contributed by atoms with E-state index in [1.165, 1.54) is 24.3 Å². The van der Waals surface area contributed by atoms with Crippen LogP contribution in [0.5, 0.6) is 11.6 Å². The molecule has 0 aliphatic rings. The van der Waals surface area contributed by atoms with E-state index in [2.05, 4.69) is 20.6 Å². The summed E-state index contributed by atoms with van der Waals surface area (Å²) in [4.78, 5) is 12.0. The Balaban J connectivity index is 1.43. The zero-order chi connectivity index (χ0) is 20.9. The molecule has 4 aromatic rings. The number of amides is 1. The van der Waals surface area contributed by atoms with Crippen LogP contribution >= 0.6 is 0 Å². The number of para-hydroxylation sites is 1. The minimum Gasteiger partial charge on any atom is -0.496 e. The first-order valence-electron chi connectivity index (χ1n) is 9.18. The van der Waals surface area contributed by atoms with Crippen molar-refractivity contribution in [3.63, 3.8) is 0 Å². The molecule has 0 radical (unpaired) electrons. The standard InChI is InChI=1S/C21H18FN5O3/c1-29-17-5-3-2-4-16(17)20-25-24-18-10-11-19(26-27(18)20)30-13-12-23-21(28)14-6-8-15(22)9-7-14/h2-11H,12-13H2,1H3,(H,23,28). The third kappa shape index (κ3) is 4.04. The van der Waals surface area contributed by atoms with Gasteiger partial charge in [-0.3, -0.25) is 4.79 Å². The summed E-state index contributed by atoms with van der Waals surface area (Å²) in [5.41, 5.74) is 1.69. The summed E-state index contributed by atoms with van der Waals surface area (Å²) in [6.45, 7) is 0.467. The van der Waals surface area contributed by atoms with Gasteiger partial charge in [-0.2, -0.15) is 4.52 Å². The molecule has 0 saturated carbocycles. The van der Waals surface area contributed by atoms with Crippen LogP contribution in [0.25, 0.3) is 17.0 Å². The number of carbonyl (C=O) groups is 1. The van der Waals surface area contributed by atoms with Crippen LogP contribution in [0.15, 0.2) is 60.7 Å². The van der Waals surface area contributed by atoms with Crippen LogP contribution in [0.2, 0.25) is 0 Å². The maximum Gasteiger partial charge on any atom is 0.251 e. The molecule has 1 amide bonds. The molecule has 4 rings (SSSR count). The summed E-state index contributed by atoms with van der Waals surface area (Å²) < 4.78 is 25.5. The number of rotatable bonds is 7. The molecule has 2 heterocycles. The molecule has 0 fully saturated rings. The number of hydrogen-bond acceptors (Lipinski definition) is 6. The first kappa shape index (κ1) is 19.3. The Hall–Kier alpha value is -4.01. The SMILES string of the molecule is COc1ccccc1-c1nnc2ccc(OCCNC(=O)c3ccc(F)cc3)nn12. The second kappa shape index (κ2) is 8.56. The minimum atomic E-state index is -0.391. The monoisotopic (exact) mass is 407 g/mol. The number of benzene rings is 2. The van der Waals surface area contributed by atoms with Crippen LogP contribution < -0.4 is 14.8 Å². The number of nitrogens with one attached hydrogen (secondary N) is 1. The summed E-state index contributed by atoms with van der Waals surface area (Å²) in [5, 5.41) is 15.5. The maximum absolute atomic E-state index is 12.9. The number of ether oxygens (including phenoxy) is 2. The van der Waals surface area contributed by atoms with E-state index in [0.29, 0.717) is 28.7 Å². The van der Waals surface area contributed by atoms with E-state index < -0.39 is 5.82 Å². The number of hydrogen-bond donors (Lipinski definition) is 1. The topological polar surface area (TPSA) is 90.6 Å². The molecule has 0 spiro atoms. The fourth-order valence-corrected chi connectivity index (χ4v) is 2.87. The summed E-state index contributed by atoms with van der Waals surface area (Å²) >= 11 is 0. The zero-order valence-electron chi connectivity index (χ0n) is 16.1. The lowest BCUT2D eigenvalue weighted by atomic mass is 10.2. The average molecular weight is 407 g/mol. The highest BCUT2D eigenvalue weighted by Gasteiger charge is 2.14. The van der Waals surface area contributed by atoms with Crippen molar-refractivity contribution >= 4 is 11.6 Å². The van der Waals surface area contributed by atoms with Gasteiger partial charge in [-0.25, -0.2) is 4.39 Å². The minimum absolute atomic E-state index is 0.206. The quantitative estimate of drug-likeness (QED) is 0.474. The molecular formula is C21H18FN5O3. The second-order valence-electron chi connectivity index (χ2n) is 6.28. The van der Waals surface area contributed by atoms with Gasteiger partial charge in [-0.05, 0) is 42.5 Å². The van der Waals surface area contributed by atoms with Gasteiger partial charge in [-0.15, -0.1) is 15.3 Å². The Morgan fingerprint density at radius 1 is 1.07 bits per heavy atom. The van der Waals surface area contributed by atoms with E-state index in [1.807, 2.05) is 24.3 Å². The molecule has 0 aliphatic carbocycles. The molecule has 0 bridgehead atoms. The van der Waals surface area contributed by atoms with Gasteiger partial charge in [0, 0.05) is 11.6 Å². The summed E-state index contributed by atoms with van der Waals surface area (Å²) in [7, 11) is 1.59. The first-order chi connectivity index (χ1) is 14.7. The molecule has 152 valence electrons. The molecule has 0 unspecified atom stereocenters. The van der Waals surface area contributed by atoms with Crippen molar-refractivity contribution in [3.8, 4) is 23.0 Å². The van der Waals surface area contributed by atoms with Gasteiger partial charge >= 0.3 is 0 Å². The van der Waals surface area contributed by atoms with Crippen molar-refractivity contribution in [1.82, 2.24) is 25.1 Å². The molecule has 8 nitrogen and oxygen atoms in total. The van der Waals surface area contributed by atoms with Crippen LogP contribution in [0.1, 0.15) is 10.4 Å². The molecule has 0 aliphatic heterocycles. The van der Waals surface area contributed by atoms with Crippen molar-refractivity contribution in [2.75, 3.05) is 20.3 Å². The van der Waals surface area contributed by atoms with Gasteiger partial charge in [-0.1, -0.05) is 12.1 Å². The van der Waals surface area contributed by atoms with E-state index in [-0.39, 0.29) is 19.1 Å². The van der Waals surface area contributed by atoms with Crippen molar-refractivity contribution in [1.29, 1.82) is 0 Å². The Morgan fingerprint density at radius 2 is 1.87 bits per heavy atom. The van der Waals surface area contributed by atoms with Crippen LogP contribution in [0.3, 0.4) is 0 Å². The van der Waals surface area contributed by atoms with Crippen LogP contribution in [0.4, 0.5) is 4.39 Å². The molecule has 0 saturated heterocycles. The molecular weight excluding hydrogens is 389 g/mol. The lowest BCUT2D eigenvalue weighted by molar-refractivity contribution is 0.0946. The van der Waals surface area contributed by atoms with Crippen molar-refractivity contribution < 1.29 is 18.7 Å². The van der Waals surface area contributed by atoms with E-state index in [1.54, 1.807) is 23.8 Å². The second-order valence-corrected chi connectivity index (χ2v) is 6.28. The van der Waals surface area contributed by atoms with Crippen LogP contribution in [-0.4, -0.2) is 46.0 Å². The van der Waals surface area contributed by atoms with Crippen molar-refractivity contribution in [2.24, 2.45) is 0 Å². The predicted octanol–water partition coefficient (Wildman–Crippen LogP) is 2.75. The smallest absolute Gasteiger partial charge is 0.251 e. The van der Waals surface area contributed by atoms with Crippen LogP contribution in [0, 0.1) is 5.82 Å².